The fourth-order valence-corrected chi connectivity index (χ4v) is 2.62. The van der Waals surface area contributed by atoms with Crippen molar-refractivity contribution in [1.29, 1.82) is 0 Å². The molecule has 1 heterocycles. The first-order chi connectivity index (χ1) is 9.24. The minimum absolute atomic E-state index is 0.455. The van der Waals surface area contributed by atoms with E-state index in [9.17, 15) is 0 Å². The van der Waals surface area contributed by atoms with E-state index in [-0.39, 0.29) is 0 Å². The molecule has 0 spiro atoms. The first-order valence-corrected chi connectivity index (χ1v) is 6.99. The summed E-state index contributed by atoms with van der Waals surface area (Å²) in [5.74, 6) is 0.661. The molecule has 2 N–H and O–H groups in total. The van der Waals surface area contributed by atoms with Crippen LogP contribution in [-0.4, -0.2) is 4.98 Å². The van der Waals surface area contributed by atoms with Crippen molar-refractivity contribution < 1.29 is 4.74 Å². The zero-order valence-electron chi connectivity index (χ0n) is 9.97. The van der Waals surface area contributed by atoms with Gasteiger partial charge in [-0.3, -0.25) is 0 Å². The lowest BCUT2D eigenvalue weighted by atomic mass is 10.2. The SMILES string of the molecule is Nc1c(OCc2ccc(Cl)cc2)ccc2scnc12. The molecular formula is C14H11ClN2OS. The number of halogens is 1. The van der Waals surface area contributed by atoms with Crippen molar-refractivity contribution in [2.75, 3.05) is 5.73 Å². The molecule has 0 amide bonds. The molecule has 0 aliphatic heterocycles. The van der Waals surface area contributed by atoms with E-state index in [1.807, 2.05) is 36.4 Å². The molecule has 3 aromatic rings. The highest BCUT2D eigenvalue weighted by molar-refractivity contribution is 7.16. The van der Waals surface area contributed by atoms with Gasteiger partial charge < -0.3 is 10.5 Å². The second-order valence-corrected chi connectivity index (χ2v) is 5.41. The van der Waals surface area contributed by atoms with Gasteiger partial charge in [-0.2, -0.15) is 0 Å². The Labute approximate surface area is 119 Å². The Hall–Kier alpha value is -1.78. The summed E-state index contributed by atoms with van der Waals surface area (Å²) >= 11 is 7.40. The summed E-state index contributed by atoms with van der Waals surface area (Å²) in [5, 5.41) is 0.715. The maximum Gasteiger partial charge on any atom is 0.145 e. The van der Waals surface area contributed by atoms with E-state index in [2.05, 4.69) is 4.98 Å². The lowest BCUT2D eigenvalue weighted by molar-refractivity contribution is 0.308. The number of nitrogens with two attached hydrogens (primary N) is 1. The lowest BCUT2D eigenvalue weighted by Gasteiger charge is -2.09. The lowest BCUT2D eigenvalue weighted by Crippen LogP contribution is -1.99. The number of benzene rings is 2. The molecule has 0 radical (unpaired) electrons. The van der Waals surface area contributed by atoms with Gasteiger partial charge in [-0.1, -0.05) is 23.7 Å². The third-order valence-corrected chi connectivity index (χ3v) is 3.86. The van der Waals surface area contributed by atoms with E-state index in [4.69, 9.17) is 22.1 Å². The summed E-state index contributed by atoms with van der Waals surface area (Å²) in [6, 6.07) is 11.4. The molecular weight excluding hydrogens is 280 g/mol. The smallest absolute Gasteiger partial charge is 0.145 e. The Morgan fingerprint density at radius 3 is 2.74 bits per heavy atom. The van der Waals surface area contributed by atoms with Crippen LogP contribution in [0.4, 0.5) is 5.69 Å². The molecule has 3 rings (SSSR count). The summed E-state index contributed by atoms with van der Waals surface area (Å²) in [5.41, 5.74) is 10.3. The van der Waals surface area contributed by atoms with Crippen LogP contribution in [0, 0.1) is 0 Å². The van der Waals surface area contributed by atoms with E-state index in [1.165, 1.54) is 0 Å². The highest BCUT2D eigenvalue weighted by Crippen LogP contribution is 2.32. The van der Waals surface area contributed by atoms with Gasteiger partial charge in [0, 0.05) is 5.02 Å². The number of anilines is 1. The summed E-state index contributed by atoms with van der Waals surface area (Å²) < 4.78 is 6.80. The topological polar surface area (TPSA) is 48.1 Å². The number of ether oxygens (including phenoxy) is 1. The second-order valence-electron chi connectivity index (χ2n) is 4.09. The van der Waals surface area contributed by atoms with Gasteiger partial charge in [0.05, 0.1) is 10.2 Å². The van der Waals surface area contributed by atoms with Crippen molar-refractivity contribution in [2.24, 2.45) is 0 Å². The maximum absolute atomic E-state index is 6.05. The van der Waals surface area contributed by atoms with Crippen LogP contribution in [0.5, 0.6) is 5.75 Å². The Bertz CT molecular complexity index is 709. The van der Waals surface area contributed by atoms with E-state index >= 15 is 0 Å². The van der Waals surface area contributed by atoms with Crippen LogP contribution in [0.15, 0.2) is 41.9 Å². The van der Waals surface area contributed by atoms with Gasteiger partial charge in [0.1, 0.15) is 23.6 Å². The molecule has 19 heavy (non-hydrogen) atoms. The van der Waals surface area contributed by atoms with E-state index < -0.39 is 0 Å². The van der Waals surface area contributed by atoms with Crippen molar-refractivity contribution in [3.8, 4) is 5.75 Å². The molecule has 0 aliphatic carbocycles. The van der Waals surface area contributed by atoms with Crippen molar-refractivity contribution in [2.45, 2.75) is 6.61 Å². The van der Waals surface area contributed by atoms with Crippen LogP contribution < -0.4 is 10.5 Å². The highest BCUT2D eigenvalue weighted by atomic mass is 35.5. The second kappa shape index (κ2) is 5.07. The summed E-state index contributed by atoms with van der Waals surface area (Å²) in [7, 11) is 0. The van der Waals surface area contributed by atoms with Gasteiger partial charge in [-0.25, -0.2) is 4.98 Å². The first kappa shape index (κ1) is 12.3. The van der Waals surface area contributed by atoms with Gasteiger partial charge in [0.2, 0.25) is 0 Å². The average molecular weight is 291 g/mol. The van der Waals surface area contributed by atoms with E-state index in [0.29, 0.717) is 23.1 Å². The molecule has 0 bridgehead atoms. The van der Waals surface area contributed by atoms with Crippen LogP contribution in [0.25, 0.3) is 10.2 Å². The zero-order valence-corrected chi connectivity index (χ0v) is 11.5. The van der Waals surface area contributed by atoms with E-state index in [0.717, 1.165) is 15.8 Å². The zero-order chi connectivity index (χ0) is 13.2. The van der Waals surface area contributed by atoms with Gasteiger partial charge in [-0.15, -0.1) is 11.3 Å². The Balaban J connectivity index is 1.81. The van der Waals surface area contributed by atoms with Crippen molar-refractivity contribution in [3.05, 3.63) is 52.5 Å². The van der Waals surface area contributed by atoms with Crippen molar-refractivity contribution in [1.82, 2.24) is 4.98 Å². The molecule has 2 aromatic carbocycles. The predicted octanol–water partition coefficient (Wildman–Crippen LogP) is 4.11. The molecule has 96 valence electrons. The molecule has 5 heteroatoms. The van der Waals surface area contributed by atoms with Gasteiger partial charge in [-0.05, 0) is 29.8 Å². The number of nitrogen functional groups attached to an aromatic ring is 1. The van der Waals surface area contributed by atoms with Crippen LogP contribution in [-0.2, 0) is 6.61 Å². The monoisotopic (exact) mass is 290 g/mol. The highest BCUT2D eigenvalue weighted by Gasteiger charge is 2.08. The van der Waals surface area contributed by atoms with Gasteiger partial charge in [0.25, 0.3) is 0 Å². The number of thiazole rings is 1. The predicted molar refractivity (Wildman–Crippen MR) is 79.8 cm³/mol. The number of nitrogens with zero attached hydrogens (tertiary/aromatic N) is 1. The molecule has 3 nitrogen and oxygen atoms in total. The van der Waals surface area contributed by atoms with Crippen LogP contribution in [0.3, 0.4) is 0 Å². The van der Waals surface area contributed by atoms with Gasteiger partial charge >= 0.3 is 0 Å². The fourth-order valence-electron chi connectivity index (χ4n) is 1.80. The van der Waals surface area contributed by atoms with Crippen LogP contribution in [0.2, 0.25) is 5.02 Å². The largest absolute Gasteiger partial charge is 0.487 e. The third kappa shape index (κ3) is 2.50. The molecule has 0 aliphatic rings. The Morgan fingerprint density at radius 1 is 1.16 bits per heavy atom. The molecule has 0 saturated heterocycles. The molecule has 0 fully saturated rings. The Morgan fingerprint density at radius 2 is 1.95 bits per heavy atom. The van der Waals surface area contributed by atoms with Crippen LogP contribution in [0.1, 0.15) is 5.56 Å². The minimum atomic E-state index is 0.455. The number of hydrogen-bond acceptors (Lipinski definition) is 4. The number of rotatable bonds is 3. The average Bonchev–Trinajstić information content (AvgIpc) is 2.89. The third-order valence-electron chi connectivity index (χ3n) is 2.81. The molecule has 0 saturated carbocycles. The summed E-state index contributed by atoms with van der Waals surface area (Å²) in [6.07, 6.45) is 0. The van der Waals surface area contributed by atoms with Crippen LogP contribution >= 0.6 is 22.9 Å². The first-order valence-electron chi connectivity index (χ1n) is 5.73. The quantitative estimate of drug-likeness (QED) is 0.738. The fraction of sp³-hybridized carbons (Fsp3) is 0.0714. The van der Waals surface area contributed by atoms with Crippen molar-refractivity contribution >= 4 is 38.8 Å². The number of aromatic nitrogens is 1. The summed E-state index contributed by atoms with van der Waals surface area (Å²) in [6.45, 7) is 0.455. The minimum Gasteiger partial charge on any atom is -0.487 e. The van der Waals surface area contributed by atoms with E-state index in [1.54, 1.807) is 16.8 Å². The maximum atomic E-state index is 6.05. The molecule has 0 unspecified atom stereocenters. The van der Waals surface area contributed by atoms with Gasteiger partial charge in [0.15, 0.2) is 0 Å². The summed E-state index contributed by atoms with van der Waals surface area (Å²) in [4.78, 5) is 4.24. The number of fused-ring (bicyclic) bond motifs is 1. The van der Waals surface area contributed by atoms with Crippen molar-refractivity contribution in [3.63, 3.8) is 0 Å². The number of hydrogen-bond donors (Lipinski definition) is 1. The molecule has 0 atom stereocenters. The normalized spacial score (nSPS) is 10.8. The Kier molecular flexibility index (Phi) is 3.27. The standard InChI is InChI=1S/C14H11ClN2OS/c15-10-3-1-9(2-4-10)7-18-11-5-6-12-14(13(11)16)17-8-19-12/h1-6,8H,7,16H2. The molecule has 1 aromatic heterocycles.